The third-order valence-corrected chi connectivity index (χ3v) is 5.07. The number of para-hydroxylation sites is 3. The number of rotatable bonds is 6. The molecule has 1 fully saturated rings. The van der Waals surface area contributed by atoms with E-state index in [0.717, 1.165) is 23.9 Å². The third kappa shape index (κ3) is 6.00. The first-order valence-corrected chi connectivity index (χ1v) is 10.4. The van der Waals surface area contributed by atoms with Crippen LogP contribution in [-0.4, -0.2) is 54.6 Å². The van der Waals surface area contributed by atoms with Gasteiger partial charge in [-0.05, 0) is 31.2 Å². The molecule has 1 aliphatic rings. The van der Waals surface area contributed by atoms with Crippen molar-refractivity contribution in [3.63, 3.8) is 0 Å². The average Bonchev–Trinajstić information content (AvgIpc) is 2.74. The fourth-order valence-corrected chi connectivity index (χ4v) is 3.60. The molecular weight excluding hydrogens is 374 g/mol. The van der Waals surface area contributed by atoms with Gasteiger partial charge in [0.15, 0.2) is 5.17 Å². The van der Waals surface area contributed by atoms with Gasteiger partial charge >= 0.3 is 0 Å². The highest BCUT2D eigenvalue weighted by Crippen LogP contribution is 2.24. The molecule has 0 saturated carbocycles. The minimum Gasteiger partial charge on any atom is -0.492 e. The van der Waals surface area contributed by atoms with E-state index >= 15 is 0 Å². The van der Waals surface area contributed by atoms with Gasteiger partial charge < -0.3 is 19.7 Å². The van der Waals surface area contributed by atoms with Crippen molar-refractivity contribution in [1.29, 1.82) is 0 Å². The van der Waals surface area contributed by atoms with E-state index < -0.39 is 0 Å². The van der Waals surface area contributed by atoms with Gasteiger partial charge in [0.2, 0.25) is 5.91 Å². The summed E-state index contributed by atoms with van der Waals surface area (Å²) < 4.78 is 11.0. The van der Waals surface area contributed by atoms with Crippen molar-refractivity contribution < 1.29 is 14.3 Å². The van der Waals surface area contributed by atoms with E-state index in [4.69, 9.17) is 14.5 Å². The number of morpholine rings is 1. The first kappa shape index (κ1) is 20.2. The number of benzene rings is 2. The highest BCUT2D eigenvalue weighted by molar-refractivity contribution is 8.14. The maximum Gasteiger partial charge on any atom is 0.234 e. The first-order chi connectivity index (χ1) is 13.8. The Morgan fingerprint density at radius 1 is 1.14 bits per heavy atom. The number of carbonyl (C=O) groups excluding carboxylic acids is 1. The molecule has 0 aromatic heterocycles. The summed E-state index contributed by atoms with van der Waals surface area (Å²) in [5.74, 6) is 0.851. The van der Waals surface area contributed by atoms with E-state index in [-0.39, 0.29) is 11.7 Å². The predicted molar refractivity (Wildman–Crippen MR) is 115 cm³/mol. The number of hydrogen-bond acceptors (Lipinski definition) is 5. The molecule has 28 heavy (non-hydrogen) atoms. The Balaban J connectivity index is 1.66. The van der Waals surface area contributed by atoms with Gasteiger partial charge in [-0.25, -0.2) is 4.99 Å². The van der Waals surface area contributed by atoms with Crippen LogP contribution in [0.3, 0.4) is 0 Å². The first-order valence-electron chi connectivity index (χ1n) is 9.37. The number of aliphatic imine (C=N–C) groups is 1. The molecule has 1 heterocycles. The summed E-state index contributed by atoms with van der Waals surface area (Å²) in [6, 6.07) is 17.2. The topological polar surface area (TPSA) is 63.2 Å². The van der Waals surface area contributed by atoms with Crippen LogP contribution in [0, 0.1) is 0 Å². The second kappa shape index (κ2) is 10.7. The SMILES string of the molecule is CCOc1ccccc1NC(=O)CSC(=Nc1ccccc1)N1CCOCC1. The van der Waals surface area contributed by atoms with E-state index in [1.165, 1.54) is 11.8 Å². The quantitative estimate of drug-likeness (QED) is 0.592. The molecule has 0 radical (unpaired) electrons. The lowest BCUT2D eigenvalue weighted by atomic mass is 10.3. The summed E-state index contributed by atoms with van der Waals surface area (Å²) >= 11 is 1.44. The molecule has 1 N–H and O–H groups in total. The molecule has 2 aromatic carbocycles. The molecule has 148 valence electrons. The molecule has 0 bridgehead atoms. The van der Waals surface area contributed by atoms with E-state index in [0.29, 0.717) is 31.3 Å². The standard InChI is InChI=1S/C21H25N3O3S/c1-2-27-19-11-7-6-10-18(19)23-20(25)16-28-21(24-12-14-26-15-13-24)22-17-8-4-3-5-9-17/h3-11H,2,12-16H2,1H3,(H,23,25). The number of amides is 1. The fraction of sp³-hybridized carbons (Fsp3) is 0.333. The van der Waals surface area contributed by atoms with E-state index in [1.54, 1.807) is 0 Å². The lowest BCUT2D eigenvalue weighted by Gasteiger charge is -2.29. The molecule has 6 nitrogen and oxygen atoms in total. The second-order valence-corrected chi connectivity index (χ2v) is 7.04. The van der Waals surface area contributed by atoms with Crippen molar-refractivity contribution in [2.75, 3.05) is 44.0 Å². The molecule has 1 amide bonds. The number of carbonyl (C=O) groups is 1. The van der Waals surface area contributed by atoms with Crippen LogP contribution in [0.5, 0.6) is 5.75 Å². The van der Waals surface area contributed by atoms with Gasteiger partial charge in [-0.1, -0.05) is 42.1 Å². The van der Waals surface area contributed by atoms with E-state index in [1.807, 2.05) is 61.5 Å². The average molecular weight is 400 g/mol. The minimum atomic E-state index is -0.0915. The van der Waals surface area contributed by atoms with Crippen molar-refractivity contribution in [3.05, 3.63) is 54.6 Å². The van der Waals surface area contributed by atoms with Gasteiger partial charge in [-0.3, -0.25) is 4.79 Å². The summed E-state index contributed by atoms with van der Waals surface area (Å²) in [4.78, 5) is 19.4. The van der Waals surface area contributed by atoms with Crippen LogP contribution in [-0.2, 0) is 9.53 Å². The number of hydrogen-bond donors (Lipinski definition) is 1. The zero-order valence-corrected chi connectivity index (χ0v) is 16.8. The lowest BCUT2D eigenvalue weighted by molar-refractivity contribution is -0.113. The summed E-state index contributed by atoms with van der Waals surface area (Å²) in [5.41, 5.74) is 1.56. The van der Waals surface area contributed by atoms with Crippen LogP contribution in [0.2, 0.25) is 0 Å². The molecule has 0 spiro atoms. The van der Waals surface area contributed by atoms with Crippen LogP contribution >= 0.6 is 11.8 Å². The number of anilines is 1. The molecule has 1 saturated heterocycles. The van der Waals surface area contributed by atoms with Gasteiger partial charge in [0.1, 0.15) is 5.75 Å². The predicted octanol–water partition coefficient (Wildman–Crippen LogP) is 3.78. The Labute approximate surface area is 169 Å². The van der Waals surface area contributed by atoms with Gasteiger partial charge in [-0.15, -0.1) is 0 Å². The third-order valence-electron chi connectivity index (χ3n) is 4.06. The minimum absolute atomic E-state index is 0.0915. The monoisotopic (exact) mass is 399 g/mol. The normalized spacial score (nSPS) is 14.6. The van der Waals surface area contributed by atoms with Gasteiger partial charge in [0.25, 0.3) is 0 Å². The summed E-state index contributed by atoms with van der Waals surface area (Å²) in [5, 5.41) is 3.77. The van der Waals surface area contributed by atoms with Gasteiger partial charge in [-0.2, -0.15) is 0 Å². The molecule has 0 aliphatic carbocycles. The van der Waals surface area contributed by atoms with Crippen LogP contribution in [0.4, 0.5) is 11.4 Å². The van der Waals surface area contributed by atoms with Crippen LogP contribution in [0.25, 0.3) is 0 Å². The van der Waals surface area contributed by atoms with Crippen molar-refractivity contribution >= 4 is 34.2 Å². The summed E-state index contributed by atoms with van der Waals surface area (Å²) in [6.07, 6.45) is 0. The Morgan fingerprint density at radius 3 is 2.61 bits per heavy atom. The fourth-order valence-electron chi connectivity index (χ4n) is 2.73. The number of nitrogens with zero attached hydrogens (tertiary/aromatic N) is 2. The number of ether oxygens (including phenoxy) is 2. The molecule has 7 heteroatoms. The van der Waals surface area contributed by atoms with Gasteiger partial charge in [0.05, 0.1) is 36.9 Å². The molecular formula is C21H25N3O3S. The van der Waals surface area contributed by atoms with Crippen molar-refractivity contribution in [2.24, 2.45) is 4.99 Å². The van der Waals surface area contributed by atoms with Crippen molar-refractivity contribution in [3.8, 4) is 5.75 Å². The molecule has 3 rings (SSSR count). The van der Waals surface area contributed by atoms with Crippen molar-refractivity contribution in [2.45, 2.75) is 6.92 Å². The maximum absolute atomic E-state index is 12.5. The maximum atomic E-state index is 12.5. The number of thioether (sulfide) groups is 1. The van der Waals surface area contributed by atoms with Crippen molar-refractivity contribution in [1.82, 2.24) is 4.90 Å². The Kier molecular flexibility index (Phi) is 7.75. The summed E-state index contributed by atoms with van der Waals surface area (Å²) in [7, 11) is 0. The van der Waals surface area contributed by atoms with Crippen LogP contribution in [0.15, 0.2) is 59.6 Å². The van der Waals surface area contributed by atoms with Gasteiger partial charge in [0, 0.05) is 13.1 Å². The largest absolute Gasteiger partial charge is 0.492 e. The van der Waals surface area contributed by atoms with E-state index in [9.17, 15) is 4.79 Å². The molecule has 0 unspecified atom stereocenters. The summed E-state index contributed by atoms with van der Waals surface area (Å²) in [6.45, 7) is 5.35. The number of nitrogens with one attached hydrogen (secondary N) is 1. The smallest absolute Gasteiger partial charge is 0.234 e. The Bertz CT molecular complexity index is 792. The van der Waals surface area contributed by atoms with E-state index in [2.05, 4.69) is 10.2 Å². The van der Waals surface area contributed by atoms with Crippen LogP contribution < -0.4 is 10.1 Å². The van der Waals surface area contributed by atoms with Crippen LogP contribution in [0.1, 0.15) is 6.92 Å². The highest BCUT2D eigenvalue weighted by atomic mass is 32.2. The zero-order chi connectivity index (χ0) is 19.6. The number of amidine groups is 1. The molecule has 0 atom stereocenters. The zero-order valence-electron chi connectivity index (χ0n) is 16.0. The Hall–Kier alpha value is -2.51. The second-order valence-electron chi connectivity index (χ2n) is 6.10. The Morgan fingerprint density at radius 2 is 1.86 bits per heavy atom. The lowest BCUT2D eigenvalue weighted by Crippen LogP contribution is -2.39. The molecule has 2 aromatic rings. The highest BCUT2D eigenvalue weighted by Gasteiger charge is 2.18. The molecule has 1 aliphatic heterocycles.